The number of carboxylic acids is 1. The Balaban J connectivity index is 1.31. The molecule has 47 heavy (non-hydrogen) atoms. The average molecular weight is 637 g/mol. The topological polar surface area (TPSA) is 150 Å². The van der Waals surface area contributed by atoms with Crippen LogP contribution in [0.5, 0.6) is 11.5 Å². The summed E-state index contributed by atoms with van der Waals surface area (Å²) in [5.74, 6) is -1.05. The molecule has 2 fully saturated rings. The molecule has 2 aliphatic rings. The van der Waals surface area contributed by atoms with Gasteiger partial charge < -0.3 is 35.2 Å². The third-order valence-corrected chi connectivity index (χ3v) is 8.88. The van der Waals surface area contributed by atoms with E-state index in [0.717, 1.165) is 10.9 Å². The number of likely N-dealkylation sites (tertiary alicyclic amines) is 1. The number of carbonyl (C=O) groups excluding carboxylic acids is 2. The number of amides is 3. The minimum atomic E-state index is -1.47. The molecule has 242 valence electrons. The SMILES string of the molecule is C=C[C@@H]1C[C@]1(NC(=O)[C@@H]1C[C@@H](Oc2cc(-c3ccccc3)nc3cc(OC)ccc23)CN1C(=O)NC(CO)c1ccccc1)C(=O)O. The van der Waals surface area contributed by atoms with E-state index in [1.54, 1.807) is 37.4 Å². The van der Waals surface area contributed by atoms with E-state index >= 15 is 0 Å². The molecule has 2 heterocycles. The summed E-state index contributed by atoms with van der Waals surface area (Å²) in [6.45, 7) is 3.36. The second-order valence-corrected chi connectivity index (χ2v) is 11.8. The van der Waals surface area contributed by atoms with Gasteiger partial charge in [-0.15, -0.1) is 6.58 Å². The van der Waals surface area contributed by atoms with Crippen molar-refractivity contribution in [3.05, 3.63) is 103 Å². The van der Waals surface area contributed by atoms with Gasteiger partial charge in [0.25, 0.3) is 0 Å². The molecule has 3 aromatic carbocycles. The van der Waals surface area contributed by atoms with Gasteiger partial charge in [-0.3, -0.25) is 4.79 Å². The van der Waals surface area contributed by atoms with Crippen LogP contribution in [0.2, 0.25) is 0 Å². The molecule has 0 bridgehead atoms. The number of nitrogens with zero attached hydrogens (tertiary/aromatic N) is 2. The van der Waals surface area contributed by atoms with Crippen molar-refractivity contribution in [1.82, 2.24) is 20.5 Å². The van der Waals surface area contributed by atoms with Crippen LogP contribution in [-0.2, 0) is 9.59 Å². The summed E-state index contributed by atoms with van der Waals surface area (Å²) in [6.07, 6.45) is 1.20. The Morgan fingerprint density at radius 3 is 2.45 bits per heavy atom. The van der Waals surface area contributed by atoms with Crippen molar-refractivity contribution < 1.29 is 34.1 Å². The van der Waals surface area contributed by atoms with Gasteiger partial charge in [-0.05, 0) is 24.1 Å². The Morgan fingerprint density at radius 2 is 1.81 bits per heavy atom. The number of benzene rings is 3. The Labute approximate surface area is 271 Å². The molecule has 5 atom stereocenters. The van der Waals surface area contributed by atoms with E-state index in [2.05, 4.69) is 17.2 Å². The molecule has 0 spiro atoms. The second kappa shape index (κ2) is 13.1. The fraction of sp³-hybridized carbons (Fsp3) is 0.278. The molecule has 1 saturated carbocycles. The van der Waals surface area contributed by atoms with Gasteiger partial charge in [0.1, 0.15) is 29.2 Å². The van der Waals surface area contributed by atoms with Crippen molar-refractivity contribution in [2.45, 2.75) is 36.6 Å². The second-order valence-electron chi connectivity index (χ2n) is 11.8. The molecule has 3 amide bonds. The number of aromatic nitrogens is 1. The van der Waals surface area contributed by atoms with Crippen molar-refractivity contribution in [2.75, 3.05) is 20.3 Å². The fourth-order valence-electron chi connectivity index (χ4n) is 6.16. The minimum Gasteiger partial charge on any atom is -0.497 e. The van der Waals surface area contributed by atoms with Crippen molar-refractivity contribution in [1.29, 1.82) is 0 Å². The van der Waals surface area contributed by atoms with Crippen LogP contribution in [0.3, 0.4) is 0 Å². The number of aliphatic carboxylic acids is 1. The number of nitrogens with one attached hydrogen (secondary N) is 2. The van der Waals surface area contributed by atoms with Crippen molar-refractivity contribution in [3.8, 4) is 22.8 Å². The number of methoxy groups -OCH3 is 1. The number of fused-ring (bicyclic) bond motifs is 1. The zero-order valence-corrected chi connectivity index (χ0v) is 25.8. The Kier molecular flexibility index (Phi) is 8.82. The molecular weight excluding hydrogens is 600 g/mol. The molecule has 11 heteroatoms. The van der Waals surface area contributed by atoms with Crippen LogP contribution >= 0.6 is 0 Å². The van der Waals surface area contributed by atoms with Gasteiger partial charge in [0.05, 0.1) is 37.5 Å². The monoisotopic (exact) mass is 636 g/mol. The summed E-state index contributed by atoms with van der Waals surface area (Å²) in [6, 6.07) is 23.6. The van der Waals surface area contributed by atoms with Crippen LogP contribution in [0.4, 0.5) is 4.79 Å². The smallest absolute Gasteiger partial charge is 0.330 e. The molecule has 0 radical (unpaired) electrons. The number of aliphatic hydroxyl groups excluding tert-OH is 1. The first kappa shape index (κ1) is 31.6. The quantitative estimate of drug-likeness (QED) is 0.178. The van der Waals surface area contributed by atoms with E-state index in [4.69, 9.17) is 14.5 Å². The average Bonchev–Trinajstić information content (AvgIpc) is 3.66. The Morgan fingerprint density at radius 1 is 1.09 bits per heavy atom. The van der Waals surface area contributed by atoms with E-state index in [-0.39, 0.29) is 26.0 Å². The van der Waals surface area contributed by atoms with Crippen LogP contribution in [-0.4, -0.2) is 76.0 Å². The number of hydrogen-bond acceptors (Lipinski definition) is 7. The zero-order valence-electron chi connectivity index (χ0n) is 25.8. The van der Waals surface area contributed by atoms with Gasteiger partial charge in [-0.2, -0.15) is 0 Å². The molecule has 11 nitrogen and oxygen atoms in total. The van der Waals surface area contributed by atoms with E-state index in [0.29, 0.717) is 28.3 Å². The molecular formula is C36H36N4O7. The lowest BCUT2D eigenvalue weighted by atomic mass is 10.1. The zero-order chi connectivity index (χ0) is 33.1. The fourth-order valence-corrected chi connectivity index (χ4v) is 6.16. The third-order valence-electron chi connectivity index (χ3n) is 8.88. The number of ether oxygens (including phenoxy) is 2. The van der Waals surface area contributed by atoms with Gasteiger partial charge in [0.2, 0.25) is 5.91 Å². The highest BCUT2D eigenvalue weighted by Crippen LogP contribution is 2.45. The molecule has 4 aromatic rings. The highest BCUT2D eigenvalue weighted by atomic mass is 16.5. The summed E-state index contributed by atoms with van der Waals surface area (Å²) < 4.78 is 12.0. The number of urea groups is 1. The van der Waals surface area contributed by atoms with Gasteiger partial charge in [-0.1, -0.05) is 66.7 Å². The minimum absolute atomic E-state index is 0.0302. The van der Waals surface area contributed by atoms with Gasteiger partial charge in [0.15, 0.2) is 0 Å². The maximum absolute atomic E-state index is 13.8. The first-order valence-corrected chi connectivity index (χ1v) is 15.4. The molecule has 1 unspecified atom stereocenters. The Bertz CT molecular complexity index is 1800. The highest BCUT2D eigenvalue weighted by Gasteiger charge is 2.61. The van der Waals surface area contributed by atoms with Crippen molar-refractivity contribution in [3.63, 3.8) is 0 Å². The first-order valence-electron chi connectivity index (χ1n) is 15.4. The van der Waals surface area contributed by atoms with E-state index in [1.165, 1.54) is 11.0 Å². The number of aliphatic hydroxyl groups is 1. The number of carboxylic acid groups (broad SMARTS) is 1. The number of pyridine rings is 1. The van der Waals surface area contributed by atoms with Crippen LogP contribution in [0.25, 0.3) is 22.2 Å². The summed E-state index contributed by atoms with van der Waals surface area (Å²) in [5.41, 5.74) is 1.42. The predicted molar refractivity (Wildman–Crippen MR) is 175 cm³/mol. The largest absolute Gasteiger partial charge is 0.497 e. The lowest BCUT2D eigenvalue weighted by molar-refractivity contribution is -0.144. The predicted octanol–water partition coefficient (Wildman–Crippen LogP) is 4.32. The van der Waals surface area contributed by atoms with Crippen LogP contribution in [0.1, 0.15) is 24.4 Å². The maximum Gasteiger partial charge on any atom is 0.330 e. The highest BCUT2D eigenvalue weighted by molar-refractivity contribution is 5.95. The summed E-state index contributed by atoms with van der Waals surface area (Å²) >= 11 is 0. The van der Waals surface area contributed by atoms with Crippen LogP contribution < -0.4 is 20.1 Å². The number of carbonyl (C=O) groups is 3. The third kappa shape index (κ3) is 6.34. The van der Waals surface area contributed by atoms with Gasteiger partial charge >= 0.3 is 12.0 Å². The normalized spacial score (nSPS) is 22.3. The van der Waals surface area contributed by atoms with Crippen molar-refractivity contribution in [2.24, 2.45) is 5.92 Å². The summed E-state index contributed by atoms with van der Waals surface area (Å²) in [4.78, 5) is 45.9. The van der Waals surface area contributed by atoms with E-state index in [1.807, 2.05) is 54.6 Å². The summed E-state index contributed by atoms with van der Waals surface area (Å²) in [7, 11) is 1.58. The molecule has 1 aromatic heterocycles. The number of rotatable bonds is 11. The Hall–Kier alpha value is -5.42. The number of hydrogen-bond donors (Lipinski definition) is 4. The first-order chi connectivity index (χ1) is 22.8. The van der Waals surface area contributed by atoms with E-state index in [9.17, 15) is 24.6 Å². The maximum atomic E-state index is 13.8. The van der Waals surface area contributed by atoms with Gasteiger partial charge in [0, 0.05) is 35.4 Å². The summed E-state index contributed by atoms with van der Waals surface area (Å²) in [5, 5.41) is 26.3. The van der Waals surface area contributed by atoms with E-state index < -0.39 is 47.6 Å². The molecule has 1 saturated heterocycles. The molecule has 1 aliphatic carbocycles. The molecule has 4 N–H and O–H groups in total. The molecule has 1 aliphatic heterocycles. The lowest BCUT2D eigenvalue weighted by Gasteiger charge is -2.27. The van der Waals surface area contributed by atoms with Gasteiger partial charge in [-0.25, -0.2) is 14.6 Å². The standard InChI is InChI=1S/C36H36N4O7/c1-3-24-19-36(24,34(43)44)39-33(42)31-17-26(20-40(31)35(45)38-30(21-41)23-12-8-5-9-13-23)47-32-18-28(22-10-6-4-7-11-22)37-29-16-25(46-2)14-15-27(29)32/h3-16,18,24,26,30-31,41H,1,17,19-21H2,2H3,(H,38,45)(H,39,42)(H,43,44)/t24-,26-,30?,31+,36-/m1/s1. The lowest BCUT2D eigenvalue weighted by Crippen LogP contribution is -2.54. The van der Waals surface area contributed by atoms with Crippen LogP contribution in [0.15, 0.2) is 97.6 Å². The van der Waals surface area contributed by atoms with Crippen molar-refractivity contribution >= 4 is 28.8 Å². The molecule has 6 rings (SSSR count). The van der Waals surface area contributed by atoms with Crippen LogP contribution in [0, 0.1) is 5.92 Å².